The van der Waals surface area contributed by atoms with Gasteiger partial charge in [0.15, 0.2) is 0 Å². The molecule has 0 heterocycles. The molecular formula is C5H13BrSi. The normalized spacial score (nSPS) is 19.3. The largest absolute Gasteiger partial charge is 0.0933 e. The second kappa shape index (κ2) is 3.67. The van der Waals surface area contributed by atoms with E-state index in [1.807, 2.05) is 0 Å². The first-order valence-electron chi connectivity index (χ1n) is 2.82. The summed E-state index contributed by atoms with van der Waals surface area (Å²) in [6, 6.07) is 0. The van der Waals surface area contributed by atoms with Gasteiger partial charge in [0.1, 0.15) is 0 Å². The Bertz CT molecular complexity index is 45.3. The maximum atomic E-state index is 3.56. The molecule has 0 amide bonds. The van der Waals surface area contributed by atoms with E-state index in [1.165, 1.54) is 16.7 Å². The minimum atomic E-state index is 0.817. The summed E-state index contributed by atoms with van der Waals surface area (Å²) in [4.78, 5) is 0. The molecular weight excluding hydrogens is 168 g/mol. The Hall–Kier alpha value is 0.697. The quantitative estimate of drug-likeness (QED) is 0.442. The van der Waals surface area contributed by atoms with E-state index in [1.54, 1.807) is 0 Å². The number of halogens is 1. The molecule has 44 valence electrons. The zero-order valence-electron chi connectivity index (χ0n) is 5.24. The van der Waals surface area contributed by atoms with E-state index in [0.717, 1.165) is 10.4 Å². The summed E-state index contributed by atoms with van der Waals surface area (Å²) in [5, 5.41) is 0. The predicted molar refractivity (Wildman–Crippen MR) is 42.1 cm³/mol. The lowest BCUT2D eigenvalue weighted by molar-refractivity contribution is 0.615. The zero-order chi connectivity index (χ0) is 5.86. The van der Waals surface area contributed by atoms with Crippen molar-refractivity contribution in [2.45, 2.75) is 24.7 Å². The highest BCUT2D eigenvalue weighted by atomic mass is 79.9. The van der Waals surface area contributed by atoms with Crippen LogP contribution in [0.5, 0.6) is 0 Å². The van der Waals surface area contributed by atoms with Crippen molar-refractivity contribution in [3.05, 3.63) is 0 Å². The van der Waals surface area contributed by atoms with Crippen LogP contribution in [0, 0.1) is 5.92 Å². The first-order valence-corrected chi connectivity index (χ1v) is 4.89. The molecule has 0 aliphatic rings. The minimum absolute atomic E-state index is 0.817. The van der Waals surface area contributed by atoms with Gasteiger partial charge in [-0.05, 0) is 5.92 Å². The van der Waals surface area contributed by atoms with E-state index in [9.17, 15) is 0 Å². The van der Waals surface area contributed by atoms with E-state index in [-0.39, 0.29) is 0 Å². The van der Waals surface area contributed by atoms with Crippen LogP contribution >= 0.6 is 15.9 Å². The molecule has 0 aromatic carbocycles. The van der Waals surface area contributed by atoms with Crippen molar-refractivity contribution < 1.29 is 0 Å². The Kier molecular flexibility index (Phi) is 4.03. The number of hydrogen-bond donors (Lipinski definition) is 0. The molecule has 0 N–H and O–H groups in total. The zero-order valence-corrected chi connectivity index (χ0v) is 8.83. The van der Waals surface area contributed by atoms with Crippen LogP contribution < -0.4 is 0 Å². The van der Waals surface area contributed by atoms with Gasteiger partial charge in [-0.2, -0.15) is 0 Å². The molecule has 0 radical (unpaired) electrons. The fraction of sp³-hybridized carbons (Fsp3) is 1.00. The van der Waals surface area contributed by atoms with Gasteiger partial charge < -0.3 is 0 Å². The Balaban J connectivity index is 3.14. The van der Waals surface area contributed by atoms with E-state index in [4.69, 9.17) is 0 Å². The summed E-state index contributed by atoms with van der Waals surface area (Å²) in [5.74, 6) is 0.881. The lowest BCUT2D eigenvalue weighted by atomic mass is 10.2. The van der Waals surface area contributed by atoms with Crippen LogP contribution in [-0.4, -0.2) is 14.7 Å². The summed E-state index contributed by atoms with van der Waals surface area (Å²) >= 11 is 3.56. The molecule has 0 aromatic heterocycles. The highest BCUT2D eigenvalue weighted by Gasteiger charge is 2.03. The highest BCUT2D eigenvalue weighted by Crippen LogP contribution is 2.11. The van der Waals surface area contributed by atoms with Gasteiger partial charge in [0, 0.05) is 14.7 Å². The molecule has 0 fully saturated rings. The third-order valence-corrected chi connectivity index (χ3v) is 3.47. The van der Waals surface area contributed by atoms with Gasteiger partial charge in [-0.25, -0.2) is 0 Å². The van der Waals surface area contributed by atoms with Crippen molar-refractivity contribution in [3.63, 3.8) is 0 Å². The lowest BCUT2D eigenvalue weighted by Gasteiger charge is -2.08. The van der Waals surface area contributed by atoms with E-state index in [2.05, 4.69) is 29.8 Å². The Morgan fingerprint density at radius 3 is 2.14 bits per heavy atom. The molecule has 0 bridgehead atoms. The standard InChI is InChI=1S/C5H13BrSi/c1-3-4(2)5(6)7/h4-5H,3H2,1-2,7H3. The summed E-state index contributed by atoms with van der Waals surface area (Å²) in [6.45, 7) is 4.52. The van der Waals surface area contributed by atoms with Crippen LogP contribution in [0.25, 0.3) is 0 Å². The summed E-state index contributed by atoms with van der Waals surface area (Å²) in [7, 11) is 1.28. The Morgan fingerprint density at radius 1 is 1.71 bits per heavy atom. The first-order chi connectivity index (χ1) is 3.18. The Morgan fingerprint density at radius 2 is 2.14 bits per heavy atom. The number of hydrogen-bond acceptors (Lipinski definition) is 0. The first kappa shape index (κ1) is 7.70. The predicted octanol–water partition coefficient (Wildman–Crippen LogP) is 1.12. The van der Waals surface area contributed by atoms with Crippen LogP contribution in [0.3, 0.4) is 0 Å². The molecule has 2 unspecified atom stereocenters. The highest BCUT2D eigenvalue weighted by molar-refractivity contribution is 9.10. The van der Waals surface area contributed by atoms with Crippen molar-refractivity contribution in [3.8, 4) is 0 Å². The fourth-order valence-corrected chi connectivity index (χ4v) is 1.17. The molecule has 2 heteroatoms. The van der Waals surface area contributed by atoms with Crippen LogP contribution in [0.15, 0.2) is 0 Å². The van der Waals surface area contributed by atoms with E-state index >= 15 is 0 Å². The molecule has 0 aliphatic heterocycles. The van der Waals surface area contributed by atoms with Crippen molar-refractivity contribution in [1.82, 2.24) is 0 Å². The molecule has 0 nitrogen and oxygen atoms in total. The second-order valence-electron chi connectivity index (χ2n) is 2.06. The monoisotopic (exact) mass is 180 g/mol. The van der Waals surface area contributed by atoms with Gasteiger partial charge >= 0.3 is 0 Å². The van der Waals surface area contributed by atoms with Crippen LogP contribution in [0.1, 0.15) is 20.3 Å². The third-order valence-electron chi connectivity index (χ3n) is 1.43. The van der Waals surface area contributed by atoms with Crippen LogP contribution in [0.4, 0.5) is 0 Å². The fourth-order valence-electron chi connectivity index (χ4n) is 0.325. The van der Waals surface area contributed by atoms with Gasteiger partial charge in [-0.3, -0.25) is 0 Å². The summed E-state index contributed by atoms with van der Waals surface area (Å²) in [5.41, 5.74) is 0. The SMILES string of the molecule is CCC(C)C([SiH3])Br. The van der Waals surface area contributed by atoms with Gasteiger partial charge in [0.05, 0.1) is 0 Å². The Labute approximate surface area is 57.2 Å². The van der Waals surface area contributed by atoms with Gasteiger partial charge in [-0.15, -0.1) is 0 Å². The topological polar surface area (TPSA) is 0 Å². The van der Waals surface area contributed by atoms with Crippen molar-refractivity contribution in [1.29, 1.82) is 0 Å². The molecule has 0 rings (SSSR count). The van der Waals surface area contributed by atoms with E-state index in [0.29, 0.717) is 0 Å². The van der Waals surface area contributed by atoms with Crippen molar-refractivity contribution in [2.75, 3.05) is 0 Å². The second-order valence-corrected chi connectivity index (χ2v) is 6.44. The number of rotatable bonds is 2. The molecule has 0 saturated carbocycles. The minimum Gasteiger partial charge on any atom is -0.0933 e. The molecule has 7 heavy (non-hydrogen) atoms. The van der Waals surface area contributed by atoms with Crippen molar-refractivity contribution >= 4 is 26.2 Å². The molecule has 0 saturated heterocycles. The maximum Gasteiger partial charge on any atom is 0.0204 e. The van der Waals surface area contributed by atoms with Gasteiger partial charge in [0.25, 0.3) is 0 Å². The summed E-state index contributed by atoms with van der Waals surface area (Å²) in [6.07, 6.45) is 1.30. The molecule has 0 aliphatic carbocycles. The number of alkyl halides is 1. The maximum absolute atomic E-state index is 3.56. The van der Waals surface area contributed by atoms with E-state index < -0.39 is 0 Å². The molecule has 0 spiro atoms. The molecule has 0 aromatic rings. The average Bonchev–Trinajstić information content (AvgIpc) is 1.65. The molecule has 2 atom stereocenters. The third kappa shape index (κ3) is 3.29. The van der Waals surface area contributed by atoms with Crippen LogP contribution in [-0.2, 0) is 0 Å². The van der Waals surface area contributed by atoms with Gasteiger partial charge in [-0.1, -0.05) is 36.2 Å². The smallest absolute Gasteiger partial charge is 0.0204 e. The van der Waals surface area contributed by atoms with Crippen molar-refractivity contribution in [2.24, 2.45) is 5.92 Å². The van der Waals surface area contributed by atoms with Crippen LogP contribution in [0.2, 0.25) is 0 Å². The van der Waals surface area contributed by atoms with Gasteiger partial charge in [0.2, 0.25) is 0 Å². The average molecular weight is 181 g/mol. The lowest BCUT2D eigenvalue weighted by Crippen LogP contribution is -2.08. The summed E-state index contributed by atoms with van der Waals surface area (Å²) < 4.78 is 0.817.